The van der Waals surface area contributed by atoms with E-state index < -0.39 is 0 Å². The van der Waals surface area contributed by atoms with Gasteiger partial charge in [0.25, 0.3) is 0 Å². The number of rotatable bonds is 7. The average Bonchev–Trinajstić information content (AvgIpc) is 2.77. The first kappa shape index (κ1) is 14.5. The maximum absolute atomic E-state index is 4.55. The first-order chi connectivity index (χ1) is 8.77. The summed E-state index contributed by atoms with van der Waals surface area (Å²) in [5.41, 5.74) is 1.11. The van der Waals surface area contributed by atoms with E-state index in [2.05, 4.69) is 34.6 Å². The van der Waals surface area contributed by atoms with Crippen LogP contribution in [-0.4, -0.2) is 28.8 Å². The minimum Gasteiger partial charge on any atom is -0.357 e. The number of unbranched alkanes of at least 4 members (excludes halogenated alkanes) is 2. The molecular weight excluding hydrogens is 226 g/mol. The third-order valence-electron chi connectivity index (χ3n) is 2.74. The standard InChI is InChI=1S/C13H25N5/c1-4-6-7-9-15-13(14-5-2)16-11-12-8-10-17-18(12)3/h8,10H,4-7,9,11H2,1-3H3,(H2,14,15,16). The number of nitrogens with one attached hydrogen (secondary N) is 2. The predicted octanol–water partition coefficient (Wildman–Crippen LogP) is 1.67. The van der Waals surface area contributed by atoms with E-state index in [-0.39, 0.29) is 0 Å². The van der Waals surface area contributed by atoms with Gasteiger partial charge in [-0.1, -0.05) is 19.8 Å². The summed E-state index contributed by atoms with van der Waals surface area (Å²) in [6.07, 6.45) is 5.48. The van der Waals surface area contributed by atoms with Gasteiger partial charge in [0.05, 0.1) is 12.2 Å². The van der Waals surface area contributed by atoms with Gasteiger partial charge >= 0.3 is 0 Å². The summed E-state index contributed by atoms with van der Waals surface area (Å²) in [7, 11) is 1.94. The SMILES string of the molecule is CCCCCNC(=NCc1ccnn1C)NCC. The Morgan fingerprint density at radius 3 is 2.78 bits per heavy atom. The van der Waals surface area contributed by atoms with E-state index in [1.54, 1.807) is 6.20 Å². The lowest BCUT2D eigenvalue weighted by Gasteiger charge is -2.10. The largest absolute Gasteiger partial charge is 0.357 e. The number of hydrogen-bond donors (Lipinski definition) is 2. The van der Waals surface area contributed by atoms with Crippen LogP contribution in [-0.2, 0) is 13.6 Å². The fraction of sp³-hybridized carbons (Fsp3) is 0.692. The van der Waals surface area contributed by atoms with E-state index in [1.165, 1.54) is 19.3 Å². The molecule has 0 saturated carbocycles. The highest BCUT2D eigenvalue weighted by Gasteiger charge is 1.99. The molecule has 102 valence electrons. The van der Waals surface area contributed by atoms with Gasteiger partial charge < -0.3 is 10.6 Å². The molecule has 0 aliphatic rings. The number of aryl methyl sites for hydroxylation is 1. The summed E-state index contributed by atoms with van der Waals surface area (Å²) >= 11 is 0. The van der Waals surface area contributed by atoms with Crippen LogP contribution in [0.25, 0.3) is 0 Å². The summed E-state index contributed by atoms with van der Waals surface area (Å²) in [6.45, 7) is 6.80. The Balaban J connectivity index is 2.42. The van der Waals surface area contributed by atoms with Crippen molar-refractivity contribution in [3.63, 3.8) is 0 Å². The van der Waals surface area contributed by atoms with Gasteiger partial charge in [0.1, 0.15) is 0 Å². The van der Waals surface area contributed by atoms with Crippen molar-refractivity contribution in [2.45, 2.75) is 39.7 Å². The van der Waals surface area contributed by atoms with Crippen LogP contribution < -0.4 is 10.6 Å². The summed E-state index contributed by atoms with van der Waals surface area (Å²) in [6, 6.07) is 1.99. The number of aliphatic imine (C=N–C) groups is 1. The lowest BCUT2D eigenvalue weighted by Crippen LogP contribution is -2.37. The molecule has 1 aromatic heterocycles. The van der Waals surface area contributed by atoms with Crippen LogP contribution >= 0.6 is 0 Å². The molecule has 0 fully saturated rings. The van der Waals surface area contributed by atoms with Crippen LogP contribution in [0.4, 0.5) is 0 Å². The van der Waals surface area contributed by atoms with E-state index in [4.69, 9.17) is 0 Å². The molecular formula is C13H25N5. The van der Waals surface area contributed by atoms with Crippen LogP contribution in [0.1, 0.15) is 38.8 Å². The van der Waals surface area contributed by atoms with Crippen molar-refractivity contribution in [3.05, 3.63) is 18.0 Å². The van der Waals surface area contributed by atoms with E-state index >= 15 is 0 Å². The number of aromatic nitrogens is 2. The van der Waals surface area contributed by atoms with E-state index in [0.717, 1.165) is 24.7 Å². The third-order valence-corrected chi connectivity index (χ3v) is 2.74. The molecule has 0 spiro atoms. The Labute approximate surface area is 110 Å². The van der Waals surface area contributed by atoms with Crippen molar-refractivity contribution in [3.8, 4) is 0 Å². The second-order valence-corrected chi connectivity index (χ2v) is 4.28. The molecule has 0 bridgehead atoms. The summed E-state index contributed by atoms with van der Waals surface area (Å²) in [4.78, 5) is 4.55. The van der Waals surface area contributed by atoms with Gasteiger partial charge in [0.15, 0.2) is 5.96 Å². The van der Waals surface area contributed by atoms with Crippen LogP contribution in [0.3, 0.4) is 0 Å². The molecule has 0 radical (unpaired) electrons. The van der Waals surface area contributed by atoms with Gasteiger partial charge in [0.2, 0.25) is 0 Å². The highest BCUT2D eigenvalue weighted by atomic mass is 15.3. The van der Waals surface area contributed by atoms with Crippen LogP contribution in [0.15, 0.2) is 17.3 Å². The lowest BCUT2D eigenvalue weighted by molar-refractivity contribution is 0.678. The van der Waals surface area contributed by atoms with Gasteiger partial charge in [-0.3, -0.25) is 4.68 Å². The molecule has 0 aromatic carbocycles. The van der Waals surface area contributed by atoms with E-state index in [1.807, 2.05) is 17.8 Å². The fourth-order valence-electron chi connectivity index (χ4n) is 1.64. The second-order valence-electron chi connectivity index (χ2n) is 4.28. The Bertz CT molecular complexity index is 356. The molecule has 1 aromatic rings. The Kier molecular flexibility index (Phi) is 6.91. The molecule has 18 heavy (non-hydrogen) atoms. The minimum absolute atomic E-state index is 0.652. The molecule has 2 N–H and O–H groups in total. The second kappa shape index (κ2) is 8.55. The molecule has 1 rings (SSSR count). The number of guanidine groups is 1. The molecule has 1 heterocycles. The molecule has 5 nitrogen and oxygen atoms in total. The third kappa shape index (κ3) is 5.21. The van der Waals surface area contributed by atoms with Crippen molar-refractivity contribution in [1.29, 1.82) is 0 Å². The zero-order chi connectivity index (χ0) is 13.2. The lowest BCUT2D eigenvalue weighted by atomic mass is 10.2. The zero-order valence-electron chi connectivity index (χ0n) is 11.7. The van der Waals surface area contributed by atoms with Crippen LogP contribution in [0.5, 0.6) is 0 Å². The average molecular weight is 251 g/mol. The van der Waals surface area contributed by atoms with Crippen LogP contribution in [0, 0.1) is 0 Å². The molecule has 5 heteroatoms. The number of nitrogens with zero attached hydrogens (tertiary/aromatic N) is 3. The normalized spacial score (nSPS) is 11.6. The molecule has 0 saturated heterocycles. The van der Waals surface area contributed by atoms with Crippen molar-refractivity contribution in [1.82, 2.24) is 20.4 Å². The smallest absolute Gasteiger partial charge is 0.191 e. The Morgan fingerprint density at radius 2 is 2.17 bits per heavy atom. The molecule has 0 atom stereocenters. The fourth-order valence-corrected chi connectivity index (χ4v) is 1.64. The summed E-state index contributed by atoms with van der Waals surface area (Å²) < 4.78 is 1.85. The maximum atomic E-state index is 4.55. The van der Waals surface area contributed by atoms with Crippen molar-refractivity contribution < 1.29 is 0 Å². The van der Waals surface area contributed by atoms with Gasteiger partial charge in [-0.15, -0.1) is 0 Å². The van der Waals surface area contributed by atoms with Crippen molar-refractivity contribution in [2.75, 3.05) is 13.1 Å². The molecule has 0 aliphatic carbocycles. The molecule has 0 amide bonds. The topological polar surface area (TPSA) is 54.2 Å². The highest BCUT2D eigenvalue weighted by Crippen LogP contribution is 1.98. The van der Waals surface area contributed by atoms with Gasteiger partial charge in [-0.05, 0) is 19.4 Å². The van der Waals surface area contributed by atoms with E-state index in [9.17, 15) is 0 Å². The van der Waals surface area contributed by atoms with Crippen LogP contribution in [0.2, 0.25) is 0 Å². The summed E-state index contributed by atoms with van der Waals surface area (Å²) in [5.74, 6) is 0.884. The Morgan fingerprint density at radius 1 is 1.33 bits per heavy atom. The Hall–Kier alpha value is -1.52. The van der Waals surface area contributed by atoms with Crippen molar-refractivity contribution in [2.24, 2.45) is 12.0 Å². The minimum atomic E-state index is 0.652. The maximum Gasteiger partial charge on any atom is 0.191 e. The summed E-state index contributed by atoms with van der Waals surface area (Å²) in [5, 5.41) is 10.7. The quantitative estimate of drug-likeness (QED) is 0.440. The first-order valence-electron chi connectivity index (χ1n) is 6.77. The monoisotopic (exact) mass is 251 g/mol. The zero-order valence-corrected chi connectivity index (χ0v) is 11.7. The van der Waals surface area contributed by atoms with Crippen molar-refractivity contribution >= 4 is 5.96 Å². The molecule has 0 aliphatic heterocycles. The van der Waals surface area contributed by atoms with Gasteiger partial charge in [0, 0.05) is 26.3 Å². The predicted molar refractivity (Wildman–Crippen MR) is 75.6 cm³/mol. The highest BCUT2D eigenvalue weighted by molar-refractivity contribution is 5.79. The number of hydrogen-bond acceptors (Lipinski definition) is 2. The molecule has 0 unspecified atom stereocenters. The van der Waals surface area contributed by atoms with Gasteiger partial charge in [-0.2, -0.15) is 5.10 Å². The first-order valence-corrected chi connectivity index (χ1v) is 6.77. The van der Waals surface area contributed by atoms with Gasteiger partial charge in [-0.25, -0.2) is 4.99 Å². The van der Waals surface area contributed by atoms with E-state index in [0.29, 0.717) is 6.54 Å².